The van der Waals surface area contributed by atoms with Crippen LogP contribution in [0.3, 0.4) is 0 Å². The second-order valence-corrected chi connectivity index (χ2v) is 15.1. The van der Waals surface area contributed by atoms with Crippen LogP contribution in [0.15, 0.2) is 182 Å². The van der Waals surface area contributed by atoms with Crippen LogP contribution in [-0.4, -0.2) is 0 Å². The SMILES string of the molecule is CC1(C)c2ccc3ccccc3c2-c2c1c1ccc(-c3c4ccccc4c(-c4ccccc4-c4ccccc4)c4ccccc34)cc1c1ccccc21. The van der Waals surface area contributed by atoms with Gasteiger partial charge < -0.3 is 0 Å². The van der Waals surface area contributed by atoms with Crippen LogP contribution in [0.2, 0.25) is 0 Å². The molecule has 0 radical (unpaired) electrons. The molecular formula is C53H36. The van der Waals surface area contributed by atoms with Crippen molar-refractivity contribution >= 4 is 53.9 Å². The van der Waals surface area contributed by atoms with Crippen LogP contribution in [0.1, 0.15) is 25.0 Å². The predicted octanol–water partition coefficient (Wildman–Crippen LogP) is 14.8. The lowest BCUT2D eigenvalue weighted by atomic mass is 9.78. The molecular weight excluding hydrogens is 637 g/mol. The minimum absolute atomic E-state index is 0.147. The smallest absolute Gasteiger partial charge is 0.0165 e. The zero-order chi connectivity index (χ0) is 35.3. The van der Waals surface area contributed by atoms with Gasteiger partial charge in [-0.2, -0.15) is 0 Å². The van der Waals surface area contributed by atoms with Crippen molar-refractivity contribution in [3.05, 3.63) is 193 Å². The molecule has 1 aliphatic rings. The van der Waals surface area contributed by atoms with Crippen LogP contribution < -0.4 is 0 Å². The van der Waals surface area contributed by atoms with E-state index in [4.69, 9.17) is 0 Å². The van der Waals surface area contributed by atoms with Gasteiger partial charge in [-0.15, -0.1) is 0 Å². The third kappa shape index (κ3) is 4.24. The van der Waals surface area contributed by atoms with Crippen LogP contribution in [0.4, 0.5) is 0 Å². The molecule has 0 bridgehead atoms. The number of hydrogen-bond donors (Lipinski definition) is 0. The Kier molecular flexibility index (Phi) is 6.40. The standard InChI is InChI=1S/C53H36/c1-53(2)47-31-29-34-18-6-7-20-37(34)50(47)51-40-23-11-9-21-38(40)46-32-35(28-30-45(46)52(51)53)48-41-24-12-14-26-43(41)49(44-27-15-13-25-42(44)48)39-22-10-8-19-36(39)33-16-4-3-5-17-33/h3-32H,1-2H3. The molecule has 0 saturated heterocycles. The minimum atomic E-state index is -0.147. The molecule has 0 nitrogen and oxygen atoms in total. The van der Waals surface area contributed by atoms with Crippen LogP contribution in [0, 0.1) is 0 Å². The molecule has 0 heteroatoms. The normalized spacial score (nSPS) is 13.2. The lowest BCUT2D eigenvalue weighted by Crippen LogP contribution is -2.15. The molecule has 0 unspecified atom stereocenters. The number of benzene rings is 10. The Labute approximate surface area is 309 Å². The molecule has 0 aromatic heterocycles. The maximum atomic E-state index is 2.49. The first-order valence-corrected chi connectivity index (χ1v) is 18.7. The van der Waals surface area contributed by atoms with Gasteiger partial charge >= 0.3 is 0 Å². The van der Waals surface area contributed by atoms with E-state index < -0.39 is 0 Å². The van der Waals surface area contributed by atoms with Crippen molar-refractivity contribution in [2.24, 2.45) is 0 Å². The Hall–Kier alpha value is -6.50. The largest absolute Gasteiger partial charge is 0.0622 e. The second kappa shape index (κ2) is 11.2. The van der Waals surface area contributed by atoms with E-state index in [1.165, 1.54) is 109 Å². The fourth-order valence-electron chi connectivity index (χ4n) is 9.75. The van der Waals surface area contributed by atoms with Gasteiger partial charge in [0.2, 0.25) is 0 Å². The highest BCUT2D eigenvalue weighted by Crippen LogP contribution is 2.57. The summed E-state index contributed by atoms with van der Waals surface area (Å²) >= 11 is 0. The Bertz CT molecular complexity index is 3070. The molecule has 0 saturated carbocycles. The van der Waals surface area contributed by atoms with Gasteiger partial charge in [-0.1, -0.05) is 190 Å². The molecule has 0 atom stereocenters. The summed E-state index contributed by atoms with van der Waals surface area (Å²) in [6.45, 7) is 4.84. The molecule has 53 heavy (non-hydrogen) atoms. The van der Waals surface area contributed by atoms with E-state index in [1.54, 1.807) is 0 Å². The van der Waals surface area contributed by atoms with Gasteiger partial charge in [0.05, 0.1) is 0 Å². The van der Waals surface area contributed by atoms with E-state index in [9.17, 15) is 0 Å². The fraction of sp³-hybridized carbons (Fsp3) is 0.0566. The van der Waals surface area contributed by atoms with E-state index >= 15 is 0 Å². The van der Waals surface area contributed by atoms with Gasteiger partial charge in [0.15, 0.2) is 0 Å². The van der Waals surface area contributed by atoms with Crippen molar-refractivity contribution in [1.29, 1.82) is 0 Å². The summed E-state index contributed by atoms with van der Waals surface area (Å²) in [5.74, 6) is 0. The molecule has 10 aromatic rings. The summed E-state index contributed by atoms with van der Waals surface area (Å²) in [6, 6.07) is 67.7. The average molecular weight is 673 g/mol. The monoisotopic (exact) mass is 672 g/mol. The van der Waals surface area contributed by atoms with Crippen molar-refractivity contribution < 1.29 is 0 Å². The summed E-state index contributed by atoms with van der Waals surface area (Å²) in [5.41, 5.74) is 13.1. The van der Waals surface area contributed by atoms with Crippen molar-refractivity contribution in [2.45, 2.75) is 19.3 Å². The maximum Gasteiger partial charge on any atom is 0.0165 e. The number of fused-ring (bicyclic) bond motifs is 12. The van der Waals surface area contributed by atoms with Gasteiger partial charge in [-0.3, -0.25) is 0 Å². The van der Waals surface area contributed by atoms with E-state index in [0.29, 0.717) is 0 Å². The molecule has 1 aliphatic carbocycles. The van der Waals surface area contributed by atoms with Gasteiger partial charge in [0.25, 0.3) is 0 Å². The first-order chi connectivity index (χ1) is 26.1. The second-order valence-electron chi connectivity index (χ2n) is 15.1. The molecule has 10 aromatic carbocycles. The number of hydrogen-bond acceptors (Lipinski definition) is 0. The zero-order valence-corrected chi connectivity index (χ0v) is 29.8. The van der Waals surface area contributed by atoms with Gasteiger partial charge in [-0.05, 0) is 116 Å². The zero-order valence-electron chi connectivity index (χ0n) is 29.8. The Morgan fingerprint density at radius 2 is 0.830 bits per heavy atom. The summed E-state index contributed by atoms with van der Waals surface area (Å²) in [6.07, 6.45) is 0. The highest BCUT2D eigenvalue weighted by atomic mass is 14.4. The molecule has 0 spiro atoms. The van der Waals surface area contributed by atoms with Crippen molar-refractivity contribution in [3.8, 4) is 44.5 Å². The van der Waals surface area contributed by atoms with Crippen molar-refractivity contribution in [2.75, 3.05) is 0 Å². The summed E-state index contributed by atoms with van der Waals surface area (Å²) in [4.78, 5) is 0. The lowest BCUT2D eigenvalue weighted by Gasteiger charge is -2.24. The third-order valence-electron chi connectivity index (χ3n) is 12.0. The fourth-order valence-corrected chi connectivity index (χ4v) is 9.75. The predicted molar refractivity (Wildman–Crippen MR) is 228 cm³/mol. The van der Waals surface area contributed by atoms with E-state index in [2.05, 4.69) is 196 Å². The van der Waals surface area contributed by atoms with Crippen LogP contribution in [0.5, 0.6) is 0 Å². The molecule has 0 heterocycles. The Morgan fingerprint density at radius 1 is 0.302 bits per heavy atom. The Morgan fingerprint density at radius 3 is 1.51 bits per heavy atom. The topological polar surface area (TPSA) is 0 Å². The maximum absolute atomic E-state index is 2.49. The molecule has 0 aliphatic heterocycles. The minimum Gasteiger partial charge on any atom is -0.0622 e. The van der Waals surface area contributed by atoms with Crippen molar-refractivity contribution in [1.82, 2.24) is 0 Å². The molecule has 0 N–H and O–H groups in total. The lowest BCUT2D eigenvalue weighted by molar-refractivity contribution is 0.667. The molecule has 248 valence electrons. The van der Waals surface area contributed by atoms with Gasteiger partial charge in [0, 0.05) is 5.41 Å². The summed E-state index contributed by atoms with van der Waals surface area (Å²) in [7, 11) is 0. The molecule has 11 rings (SSSR count). The molecule has 0 fully saturated rings. The third-order valence-corrected chi connectivity index (χ3v) is 12.0. The highest BCUT2D eigenvalue weighted by molar-refractivity contribution is 6.25. The Balaban J connectivity index is 1.23. The summed E-state index contributed by atoms with van der Waals surface area (Å²) < 4.78 is 0. The van der Waals surface area contributed by atoms with Gasteiger partial charge in [-0.25, -0.2) is 0 Å². The first-order valence-electron chi connectivity index (χ1n) is 18.7. The average Bonchev–Trinajstić information content (AvgIpc) is 3.47. The number of rotatable bonds is 3. The van der Waals surface area contributed by atoms with E-state index in [0.717, 1.165) is 0 Å². The van der Waals surface area contributed by atoms with E-state index in [1.807, 2.05) is 0 Å². The molecule has 0 amide bonds. The highest BCUT2D eigenvalue weighted by Gasteiger charge is 2.39. The van der Waals surface area contributed by atoms with Crippen molar-refractivity contribution in [3.63, 3.8) is 0 Å². The first kappa shape index (κ1) is 30.2. The summed E-state index contributed by atoms with van der Waals surface area (Å²) in [5, 5.41) is 13.0. The van der Waals surface area contributed by atoms with Crippen LogP contribution in [-0.2, 0) is 5.41 Å². The quantitative estimate of drug-likeness (QED) is 0.129. The van der Waals surface area contributed by atoms with Crippen LogP contribution in [0.25, 0.3) is 98.4 Å². The van der Waals surface area contributed by atoms with Gasteiger partial charge in [0.1, 0.15) is 0 Å². The van der Waals surface area contributed by atoms with Crippen LogP contribution >= 0.6 is 0 Å². The van der Waals surface area contributed by atoms with E-state index in [-0.39, 0.29) is 5.41 Å².